The van der Waals surface area contributed by atoms with Crippen LogP contribution in [0, 0.1) is 18.8 Å². The number of ether oxygens (including phenoxy) is 1. The molecule has 1 aliphatic rings. The van der Waals surface area contributed by atoms with E-state index < -0.39 is 0 Å². The van der Waals surface area contributed by atoms with Crippen LogP contribution in [0.5, 0.6) is 5.75 Å². The van der Waals surface area contributed by atoms with Gasteiger partial charge in [-0.25, -0.2) is 0 Å². The van der Waals surface area contributed by atoms with E-state index in [2.05, 4.69) is 16.7 Å². The monoisotopic (exact) mass is 394 g/mol. The Morgan fingerprint density at radius 3 is 2.24 bits per heavy atom. The maximum absolute atomic E-state index is 12.6. The maximum Gasteiger partial charge on any atom is 0.227 e. The fourth-order valence-electron chi connectivity index (χ4n) is 3.82. The van der Waals surface area contributed by atoms with Crippen LogP contribution < -0.4 is 15.4 Å². The van der Waals surface area contributed by atoms with Crippen LogP contribution in [0.2, 0.25) is 0 Å². The van der Waals surface area contributed by atoms with E-state index in [1.54, 1.807) is 0 Å². The molecule has 1 saturated carbocycles. The van der Waals surface area contributed by atoms with E-state index in [9.17, 15) is 9.59 Å². The van der Waals surface area contributed by atoms with Crippen molar-refractivity contribution in [2.75, 3.05) is 11.9 Å². The molecule has 2 aromatic rings. The highest BCUT2D eigenvalue weighted by Crippen LogP contribution is 2.30. The summed E-state index contributed by atoms with van der Waals surface area (Å²) in [6, 6.07) is 15.6. The third-order valence-electron chi connectivity index (χ3n) is 5.45. The first-order valence-electron chi connectivity index (χ1n) is 10.4. The summed E-state index contributed by atoms with van der Waals surface area (Å²) in [5, 5.41) is 6.03. The number of rotatable bonds is 7. The number of carbonyl (C=O) groups excluding carboxylic acids is 2. The Morgan fingerprint density at radius 2 is 1.62 bits per heavy atom. The van der Waals surface area contributed by atoms with Crippen LogP contribution in [0.3, 0.4) is 0 Å². The molecule has 5 heteroatoms. The van der Waals surface area contributed by atoms with Crippen molar-refractivity contribution in [1.29, 1.82) is 0 Å². The van der Waals surface area contributed by atoms with Crippen LogP contribution >= 0.6 is 0 Å². The highest BCUT2D eigenvalue weighted by molar-refractivity contribution is 5.92. The summed E-state index contributed by atoms with van der Waals surface area (Å²) in [6.45, 7) is 5.16. The topological polar surface area (TPSA) is 67.4 Å². The van der Waals surface area contributed by atoms with Gasteiger partial charge in [-0.2, -0.15) is 0 Å². The molecule has 0 bridgehead atoms. The van der Waals surface area contributed by atoms with E-state index in [1.807, 2.05) is 56.3 Å². The van der Waals surface area contributed by atoms with E-state index >= 15 is 0 Å². The van der Waals surface area contributed by atoms with Gasteiger partial charge in [-0.1, -0.05) is 29.8 Å². The van der Waals surface area contributed by atoms with Crippen molar-refractivity contribution in [3.63, 3.8) is 0 Å². The summed E-state index contributed by atoms with van der Waals surface area (Å²) < 4.78 is 5.42. The molecule has 0 atom stereocenters. The summed E-state index contributed by atoms with van der Waals surface area (Å²) in [7, 11) is 0. The number of nitrogens with one attached hydrogen (secondary N) is 2. The van der Waals surface area contributed by atoms with Gasteiger partial charge >= 0.3 is 0 Å². The van der Waals surface area contributed by atoms with E-state index in [0.717, 1.165) is 42.7 Å². The Hall–Kier alpha value is -2.82. The van der Waals surface area contributed by atoms with Gasteiger partial charge in [0.05, 0.1) is 6.61 Å². The molecule has 29 heavy (non-hydrogen) atoms. The van der Waals surface area contributed by atoms with Crippen LogP contribution in [-0.4, -0.2) is 18.4 Å². The zero-order valence-corrected chi connectivity index (χ0v) is 17.2. The minimum atomic E-state index is -0.0395. The molecule has 0 unspecified atom stereocenters. The molecular formula is C24H30N2O3. The number of carbonyl (C=O) groups is 2. The molecule has 0 heterocycles. The largest absolute Gasteiger partial charge is 0.494 e. The maximum atomic E-state index is 12.6. The van der Waals surface area contributed by atoms with Crippen LogP contribution in [0.25, 0.3) is 0 Å². The molecule has 154 valence electrons. The Morgan fingerprint density at radius 1 is 0.966 bits per heavy atom. The summed E-state index contributed by atoms with van der Waals surface area (Å²) in [4.78, 5) is 25.0. The molecule has 1 aliphatic carbocycles. The van der Waals surface area contributed by atoms with E-state index in [-0.39, 0.29) is 23.7 Å². The number of aryl methyl sites for hydroxylation is 1. The van der Waals surface area contributed by atoms with Crippen LogP contribution in [0.15, 0.2) is 48.5 Å². The predicted octanol–water partition coefficient (Wildman–Crippen LogP) is 4.46. The van der Waals surface area contributed by atoms with Crippen molar-refractivity contribution >= 4 is 17.5 Å². The minimum Gasteiger partial charge on any atom is -0.494 e. The fourth-order valence-corrected chi connectivity index (χ4v) is 3.82. The number of hydrogen-bond donors (Lipinski definition) is 2. The van der Waals surface area contributed by atoms with Crippen molar-refractivity contribution in [3.05, 3.63) is 59.7 Å². The van der Waals surface area contributed by atoms with Crippen molar-refractivity contribution in [2.24, 2.45) is 11.8 Å². The quantitative estimate of drug-likeness (QED) is 0.729. The van der Waals surface area contributed by atoms with Gasteiger partial charge in [0.2, 0.25) is 11.8 Å². The smallest absolute Gasteiger partial charge is 0.227 e. The summed E-state index contributed by atoms with van der Waals surface area (Å²) >= 11 is 0. The molecule has 3 rings (SSSR count). The standard InChI is InChI=1S/C24H30N2O3/c1-3-29-22-13-11-21(12-14-22)26-24(28)20-9-7-19(8-10-20)23(27)25-16-18-6-4-5-17(2)15-18/h4-6,11-15,19-20H,3,7-10,16H2,1-2H3,(H,25,27)(H,26,28). The molecule has 2 N–H and O–H groups in total. The van der Waals surface area contributed by atoms with E-state index in [1.165, 1.54) is 5.56 Å². The molecule has 0 aromatic heterocycles. The average molecular weight is 395 g/mol. The van der Waals surface area contributed by atoms with Crippen LogP contribution in [0.1, 0.15) is 43.7 Å². The van der Waals surface area contributed by atoms with Crippen LogP contribution in [-0.2, 0) is 16.1 Å². The van der Waals surface area contributed by atoms with Gasteiger partial charge in [0.25, 0.3) is 0 Å². The third-order valence-corrected chi connectivity index (χ3v) is 5.45. The van der Waals surface area contributed by atoms with Crippen molar-refractivity contribution in [3.8, 4) is 5.75 Å². The lowest BCUT2D eigenvalue weighted by molar-refractivity contribution is -0.128. The van der Waals surface area contributed by atoms with Gasteiger partial charge in [0.1, 0.15) is 5.75 Å². The number of hydrogen-bond acceptors (Lipinski definition) is 3. The summed E-state index contributed by atoms with van der Waals surface area (Å²) in [6.07, 6.45) is 2.98. The zero-order chi connectivity index (χ0) is 20.6. The van der Waals surface area contributed by atoms with Gasteiger partial charge in [0.15, 0.2) is 0 Å². The van der Waals surface area contributed by atoms with Crippen molar-refractivity contribution in [1.82, 2.24) is 5.32 Å². The van der Waals surface area contributed by atoms with E-state index in [4.69, 9.17) is 4.74 Å². The molecule has 0 radical (unpaired) electrons. The third kappa shape index (κ3) is 6.08. The highest BCUT2D eigenvalue weighted by Gasteiger charge is 2.29. The molecule has 1 fully saturated rings. The minimum absolute atomic E-state index is 0.00525. The molecule has 0 saturated heterocycles. The van der Waals surface area contributed by atoms with E-state index in [0.29, 0.717) is 13.2 Å². The molecule has 5 nitrogen and oxygen atoms in total. The SMILES string of the molecule is CCOc1ccc(NC(=O)C2CCC(C(=O)NCc3cccc(C)c3)CC2)cc1. The number of benzene rings is 2. The Kier molecular flexibility index (Phi) is 7.28. The normalized spacial score (nSPS) is 18.7. The first kappa shape index (κ1) is 20.9. The number of amides is 2. The highest BCUT2D eigenvalue weighted by atomic mass is 16.5. The Balaban J connectivity index is 1.43. The lowest BCUT2D eigenvalue weighted by Gasteiger charge is -2.27. The van der Waals surface area contributed by atoms with Crippen molar-refractivity contribution in [2.45, 2.75) is 46.1 Å². The molecular weight excluding hydrogens is 364 g/mol. The first-order valence-corrected chi connectivity index (χ1v) is 10.4. The van der Waals surface area contributed by atoms with Gasteiger partial charge < -0.3 is 15.4 Å². The molecule has 0 aliphatic heterocycles. The Bertz CT molecular complexity index is 824. The van der Waals surface area contributed by atoms with Gasteiger partial charge in [-0.3, -0.25) is 9.59 Å². The predicted molar refractivity (Wildman–Crippen MR) is 115 cm³/mol. The lowest BCUT2D eigenvalue weighted by Crippen LogP contribution is -2.35. The van der Waals surface area contributed by atoms with Crippen molar-refractivity contribution < 1.29 is 14.3 Å². The first-order chi connectivity index (χ1) is 14.0. The second-order valence-corrected chi connectivity index (χ2v) is 7.70. The number of anilines is 1. The fraction of sp³-hybridized carbons (Fsp3) is 0.417. The van der Waals surface area contributed by atoms with Crippen LogP contribution in [0.4, 0.5) is 5.69 Å². The second kappa shape index (κ2) is 10.1. The summed E-state index contributed by atoms with van der Waals surface area (Å²) in [5.74, 6) is 0.879. The molecule has 0 spiro atoms. The van der Waals surface area contributed by atoms with Gasteiger partial charge in [0, 0.05) is 24.1 Å². The zero-order valence-electron chi connectivity index (χ0n) is 17.2. The van der Waals surface area contributed by atoms with Gasteiger partial charge in [-0.15, -0.1) is 0 Å². The van der Waals surface area contributed by atoms with Gasteiger partial charge in [-0.05, 0) is 69.4 Å². The Labute approximate surface area is 172 Å². The summed E-state index contributed by atoms with van der Waals surface area (Å²) in [5.41, 5.74) is 3.08. The lowest BCUT2D eigenvalue weighted by atomic mass is 9.81. The second-order valence-electron chi connectivity index (χ2n) is 7.70. The average Bonchev–Trinajstić information content (AvgIpc) is 2.74. The molecule has 2 amide bonds. The molecule has 2 aromatic carbocycles.